The number of hydrogen-bond acceptors (Lipinski definition) is 4. The molecule has 5 nitrogen and oxygen atoms in total. The first-order chi connectivity index (χ1) is 10.6. The van der Waals surface area contributed by atoms with Crippen LogP contribution in [-0.4, -0.2) is 27.1 Å². The fraction of sp³-hybridized carbons (Fsp3) is 0.647. The summed E-state index contributed by atoms with van der Waals surface area (Å²) in [5.41, 5.74) is 1.07. The maximum Gasteiger partial charge on any atom is 0.184 e. The summed E-state index contributed by atoms with van der Waals surface area (Å²) >= 11 is 0. The number of Topliss-reactive ketones (excluding diaryl/α,β-unsaturated/α-hetero) is 3. The highest BCUT2D eigenvalue weighted by Crippen LogP contribution is 2.29. The van der Waals surface area contributed by atoms with Crippen molar-refractivity contribution in [3.05, 3.63) is 17.5 Å². The maximum absolute atomic E-state index is 12.6. The summed E-state index contributed by atoms with van der Waals surface area (Å²) in [6.45, 7) is 1.78. The maximum atomic E-state index is 12.6. The highest BCUT2D eigenvalue weighted by molar-refractivity contribution is 6.25. The Balaban J connectivity index is 1.84. The molecule has 0 aliphatic heterocycles. The zero-order chi connectivity index (χ0) is 15.7. The Morgan fingerprint density at radius 2 is 1.73 bits per heavy atom. The molecular weight excluding hydrogens is 280 g/mol. The van der Waals surface area contributed by atoms with Gasteiger partial charge in [-0.25, -0.2) is 0 Å². The lowest BCUT2D eigenvalue weighted by atomic mass is 9.82. The Kier molecular flexibility index (Phi) is 4.23. The third kappa shape index (κ3) is 2.76. The van der Waals surface area contributed by atoms with Crippen LogP contribution in [0.3, 0.4) is 0 Å². The Labute approximate surface area is 130 Å². The van der Waals surface area contributed by atoms with Crippen LogP contribution in [-0.2, 0) is 9.59 Å². The van der Waals surface area contributed by atoms with Crippen molar-refractivity contribution in [2.75, 3.05) is 0 Å². The molecule has 0 saturated heterocycles. The number of ketones is 3. The number of carbonyl (C=O) groups is 3. The van der Waals surface area contributed by atoms with Crippen LogP contribution < -0.4 is 0 Å². The molecule has 2 aliphatic rings. The highest BCUT2D eigenvalue weighted by Gasteiger charge is 2.37. The van der Waals surface area contributed by atoms with E-state index in [0.717, 1.165) is 12.8 Å². The molecule has 2 fully saturated rings. The van der Waals surface area contributed by atoms with Crippen molar-refractivity contribution in [1.29, 1.82) is 0 Å². The molecule has 5 heteroatoms. The lowest BCUT2D eigenvalue weighted by molar-refractivity contribution is -0.133. The minimum Gasteiger partial charge on any atom is -0.298 e. The van der Waals surface area contributed by atoms with Gasteiger partial charge in [-0.15, -0.1) is 0 Å². The Hall–Kier alpha value is -1.78. The van der Waals surface area contributed by atoms with Crippen molar-refractivity contribution in [2.45, 2.75) is 64.3 Å². The molecular formula is C17H22N2O3. The van der Waals surface area contributed by atoms with Crippen LogP contribution in [0.2, 0.25) is 0 Å². The third-order valence-corrected chi connectivity index (χ3v) is 4.88. The van der Waals surface area contributed by atoms with Gasteiger partial charge >= 0.3 is 0 Å². The minimum atomic E-state index is -1.09. The topological polar surface area (TPSA) is 69.0 Å². The number of nitrogens with zero attached hydrogens (tertiary/aromatic N) is 2. The van der Waals surface area contributed by atoms with Crippen LogP contribution >= 0.6 is 0 Å². The molecule has 0 unspecified atom stereocenters. The quantitative estimate of drug-likeness (QED) is 0.636. The van der Waals surface area contributed by atoms with Crippen molar-refractivity contribution >= 4 is 17.3 Å². The number of aryl methyl sites for hydroxylation is 1. The second-order valence-corrected chi connectivity index (χ2v) is 6.48. The van der Waals surface area contributed by atoms with Gasteiger partial charge in [-0.05, 0) is 26.2 Å². The second kappa shape index (κ2) is 6.15. The largest absolute Gasteiger partial charge is 0.298 e. The molecule has 0 spiro atoms. The van der Waals surface area contributed by atoms with E-state index in [0.29, 0.717) is 36.6 Å². The lowest BCUT2D eigenvalue weighted by Gasteiger charge is -2.21. The Morgan fingerprint density at radius 1 is 1.09 bits per heavy atom. The van der Waals surface area contributed by atoms with Crippen LogP contribution in [0.25, 0.3) is 0 Å². The molecule has 0 radical (unpaired) electrons. The predicted molar refractivity (Wildman–Crippen MR) is 80.8 cm³/mol. The van der Waals surface area contributed by atoms with E-state index in [-0.39, 0.29) is 17.3 Å². The van der Waals surface area contributed by atoms with Gasteiger partial charge in [-0.1, -0.05) is 19.3 Å². The zero-order valence-corrected chi connectivity index (χ0v) is 13.0. The number of hydrogen-bond donors (Lipinski definition) is 0. The Morgan fingerprint density at radius 3 is 2.36 bits per heavy atom. The highest BCUT2D eigenvalue weighted by atomic mass is 16.2. The zero-order valence-electron chi connectivity index (χ0n) is 13.0. The summed E-state index contributed by atoms with van der Waals surface area (Å²) < 4.78 is 1.87. The average Bonchev–Trinajstić information content (AvgIpc) is 2.90. The van der Waals surface area contributed by atoms with Gasteiger partial charge in [0.2, 0.25) is 0 Å². The molecule has 0 N–H and O–H groups in total. The van der Waals surface area contributed by atoms with E-state index in [2.05, 4.69) is 5.10 Å². The van der Waals surface area contributed by atoms with Crippen molar-refractivity contribution < 1.29 is 14.4 Å². The lowest BCUT2D eigenvalue weighted by Crippen LogP contribution is -2.35. The molecule has 2 saturated carbocycles. The number of rotatable bonds is 3. The van der Waals surface area contributed by atoms with Crippen LogP contribution in [0.4, 0.5) is 0 Å². The molecule has 0 bridgehead atoms. The van der Waals surface area contributed by atoms with Gasteiger partial charge in [0.25, 0.3) is 0 Å². The van der Waals surface area contributed by atoms with Gasteiger partial charge in [-0.2, -0.15) is 5.10 Å². The molecule has 118 valence electrons. The van der Waals surface area contributed by atoms with Gasteiger partial charge in [0, 0.05) is 19.0 Å². The molecule has 0 amide bonds. The normalized spacial score (nSPS) is 21.3. The van der Waals surface area contributed by atoms with Crippen molar-refractivity contribution in [3.8, 4) is 0 Å². The second-order valence-electron chi connectivity index (χ2n) is 6.48. The fourth-order valence-electron chi connectivity index (χ4n) is 3.61. The standard InChI is InChI=1S/C17H22N2O3/c1-11-13(10-19(18-11)12-6-3-2-4-7-12)17(22)16-14(20)8-5-9-15(16)21/h10,12,16H,2-9H2,1H3. The van der Waals surface area contributed by atoms with Crippen molar-refractivity contribution in [1.82, 2.24) is 9.78 Å². The van der Waals surface area contributed by atoms with E-state index in [1.807, 2.05) is 4.68 Å². The van der Waals surface area contributed by atoms with Crippen LogP contribution in [0.1, 0.15) is 73.5 Å². The first-order valence-corrected chi connectivity index (χ1v) is 8.23. The van der Waals surface area contributed by atoms with Crippen LogP contribution in [0, 0.1) is 12.8 Å². The first kappa shape index (κ1) is 15.1. The van der Waals surface area contributed by atoms with E-state index in [1.54, 1.807) is 13.1 Å². The molecule has 1 aromatic heterocycles. The van der Waals surface area contributed by atoms with Gasteiger partial charge in [-0.3, -0.25) is 19.1 Å². The van der Waals surface area contributed by atoms with Gasteiger partial charge in [0.1, 0.15) is 5.92 Å². The van der Waals surface area contributed by atoms with E-state index in [4.69, 9.17) is 0 Å². The predicted octanol–water partition coefficient (Wildman–Crippen LogP) is 2.82. The summed E-state index contributed by atoms with van der Waals surface area (Å²) in [6.07, 6.45) is 8.78. The number of aromatic nitrogens is 2. The summed E-state index contributed by atoms with van der Waals surface area (Å²) in [5.74, 6) is -1.90. The monoisotopic (exact) mass is 302 g/mol. The van der Waals surface area contributed by atoms with Gasteiger partial charge in [0.15, 0.2) is 17.3 Å². The minimum absolute atomic E-state index is 0.230. The van der Waals surface area contributed by atoms with Crippen molar-refractivity contribution in [2.24, 2.45) is 5.92 Å². The summed E-state index contributed by atoms with van der Waals surface area (Å²) in [6, 6.07) is 0.340. The average molecular weight is 302 g/mol. The number of carbonyl (C=O) groups excluding carboxylic acids is 3. The van der Waals surface area contributed by atoms with Crippen molar-refractivity contribution in [3.63, 3.8) is 0 Å². The molecule has 3 rings (SSSR count). The SMILES string of the molecule is Cc1nn(C2CCCCC2)cc1C(=O)C1C(=O)CCCC1=O. The molecule has 1 aromatic rings. The molecule has 0 atom stereocenters. The molecule has 22 heavy (non-hydrogen) atoms. The summed E-state index contributed by atoms with van der Waals surface area (Å²) in [4.78, 5) is 36.6. The first-order valence-electron chi connectivity index (χ1n) is 8.23. The van der Waals surface area contributed by atoms with E-state index < -0.39 is 5.92 Å². The molecule has 1 heterocycles. The Bertz CT molecular complexity index is 595. The fourth-order valence-corrected chi connectivity index (χ4v) is 3.61. The third-order valence-electron chi connectivity index (χ3n) is 4.88. The van der Waals surface area contributed by atoms with Crippen LogP contribution in [0.15, 0.2) is 6.20 Å². The molecule has 0 aromatic carbocycles. The van der Waals surface area contributed by atoms with Crippen LogP contribution in [0.5, 0.6) is 0 Å². The summed E-state index contributed by atoms with van der Waals surface area (Å²) in [5, 5.41) is 4.47. The van der Waals surface area contributed by atoms with E-state index >= 15 is 0 Å². The van der Waals surface area contributed by atoms with Gasteiger partial charge in [0.05, 0.1) is 17.3 Å². The van der Waals surface area contributed by atoms with E-state index in [9.17, 15) is 14.4 Å². The van der Waals surface area contributed by atoms with Gasteiger partial charge < -0.3 is 0 Å². The molecule has 2 aliphatic carbocycles. The smallest absolute Gasteiger partial charge is 0.184 e. The summed E-state index contributed by atoms with van der Waals surface area (Å²) in [7, 11) is 0. The van der Waals surface area contributed by atoms with E-state index in [1.165, 1.54) is 19.3 Å².